The molecule has 0 atom stereocenters. The summed E-state index contributed by atoms with van der Waals surface area (Å²) in [5, 5.41) is 12.8. The molecule has 0 amide bonds. The molecule has 0 aromatic heterocycles. The molecule has 5 rings (SSSR count). The second-order valence-corrected chi connectivity index (χ2v) is 13.2. The predicted octanol–water partition coefficient (Wildman–Crippen LogP) is 6.67. The van der Waals surface area contributed by atoms with E-state index >= 15 is 0 Å². The zero-order valence-corrected chi connectivity index (χ0v) is 25.1. The van der Waals surface area contributed by atoms with Gasteiger partial charge in [0.15, 0.2) is 23.1 Å². The van der Waals surface area contributed by atoms with E-state index in [1.165, 1.54) is 0 Å². The van der Waals surface area contributed by atoms with Gasteiger partial charge in [0.1, 0.15) is 6.61 Å². The summed E-state index contributed by atoms with van der Waals surface area (Å²) in [6.45, 7) is 12.6. The SMILES string of the molecule is C=CCc1cc(C2C3=C(CC(C)(C)CC3=O)NC3=C2C(=O)CC(C)(C)C3)cc(OC)c1OCc1ccc(C(=O)O)cc1. The normalized spacial score (nSPS) is 19.5. The van der Waals surface area contributed by atoms with Crippen molar-refractivity contribution in [2.45, 2.75) is 72.3 Å². The van der Waals surface area contributed by atoms with E-state index in [9.17, 15) is 19.5 Å². The van der Waals surface area contributed by atoms with Gasteiger partial charge in [-0.3, -0.25) is 9.59 Å². The van der Waals surface area contributed by atoms with Gasteiger partial charge in [-0.25, -0.2) is 4.79 Å². The first-order valence-electron chi connectivity index (χ1n) is 14.4. The number of carboxylic acid groups (broad SMARTS) is 1. The van der Waals surface area contributed by atoms with Gasteiger partial charge in [0.2, 0.25) is 0 Å². The number of carboxylic acids is 1. The molecule has 3 aliphatic rings. The number of hydrogen-bond donors (Lipinski definition) is 2. The zero-order chi connectivity index (χ0) is 30.4. The second kappa shape index (κ2) is 10.9. The summed E-state index contributed by atoms with van der Waals surface area (Å²) >= 11 is 0. The summed E-state index contributed by atoms with van der Waals surface area (Å²) in [7, 11) is 1.58. The number of ketones is 2. The van der Waals surface area contributed by atoms with Crippen LogP contribution in [-0.4, -0.2) is 29.8 Å². The maximum Gasteiger partial charge on any atom is 0.335 e. The highest BCUT2D eigenvalue weighted by atomic mass is 16.5. The molecular weight excluding hydrogens is 530 g/mol. The fourth-order valence-electron chi connectivity index (χ4n) is 6.59. The third kappa shape index (κ3) is 5.65. The number of carbonyl (C=O) groups is 3. The molecule has 1 aliphatic heterocycles. The number of carbonyl (C=O) groups excluding carboxylic acids is 2. The summed E-state index contributed by atoms with van der Waals surface area (Å²) in [6, 6.07) is 10.4. The van der Waals surface area contributed by atoms with Crippen molar-refractivity contribution in [2.75, 3.05) is 7.11 Å². The van der Waals surface area contributed by atoms with Crippen molar-refractivity contribution in [1.29, 1.82) is 0 Å². The second-order valence-electron chi connectivity index (χ2n) is 13.2. The first kappa shape index (κ1) is 29.4. The van der Waals surface area contributed by atoms with Gasteiger partial charge in [0.25, 0.3) is 0 Å². The molecule has 2 aromatic carbocycles. The number of allylic oxidation sites excluding steroid dienone is 5. The van der Waals surface area contributed by atoms with Crippen molar-refractivity contribution in [3.8, 4) is 11.5 Å². The quantitative estimate of drug-likeness (QED) is 0.342. The molecule has 0 bridgehead atoms. The number of aromatic carboxylic acids is 1. The summed E-state index contributed by atoms with van der Waals surface area (Å²) in [5.41, 5.74) is 5.51. The van der Waals surface area contributed by atoms with Crippen LogP contribution in [0.1, 0.15) is 86.3 Å². The summed E-state index contributed by atoms with van der Waals surface area (Å²) in [6.07, 6.45) is 4.58. The minimum absolute atomic E-state index is 0.0669. The van der Waals surface area contributed by atoms with E-state index in [2.05, 4.69) is 39.6 Å². The third-order valence-corrected chi connectivity index (χ3v) is 8.37. The fraction of sp³-hybridized carbons (Fsp3) is 0.400. The van der Waals surface area contributed by atoms with Gasteiger partial charge >= 0.3 is 5.97 Å². The van der Waals surface area contributed by atoms with Crippen LogP contribution in [0.5, 0.6) is 11.5 Å². The van der Waals surface area contributed by atoms with Gasteiger partial charge in [-0.05, 0) is 59.4 Å². The van der Waals surface area contributed by atoms with Gasteiger partial charge in [0.05, 0.1) is 12.7 Å². The van der Waals surface area contributed by atoms with Gasteiger partial charge < -0.3 is 19.9 Å². The lowest BCUT2D eigenvalue weighted by molar-refractivity contribution is -0.119. The maximum absolute atomic E-state index is 13.8. The predicted molar refractivity (Wildman–Crippen MR) is 161 cm³/mol. The van der Waals surface area contributed by atoms with Crippen LogP contribution in [0.4, 0.5) is 0 Å². The molecule has 7 heteroatoms. The Morgan fingerprint density at radius 1 is 0.976 bits per heavy atom. The van der Waals surface area contributed by atoms with Gasteiger partial charge in [-0.15, -0.1) is 6.58 Å². The average molecular weight is 570 g/mol. The van der Waals surface area contributed by atoms with Crippen LogP contribution < -0.4 is 14.8 Å². The van der Waals surface area contributed by atoms with Crippen LogP contribution in [-0.2, 0) is 22.6 Å². The number of nitrogens with one attached hydrogen (secondary N) is 1. The Bertz CT molecular complexity index is 1490. The van der Waals surface area contributed by atoms with Crippen molar-refractivity contribution in [3.63, 3.8) is 0 Å². The molecule has 2 aliphatic carbocycles. The molecule has 0 fully saturated rings. The number of dihydropyridines is 1. The highest BCUT2D eigenvalue weighted by molar-refractivity contribution is 6.06. The Morgan fingerprint density at radius 3 is 2.05 bits per heavy atom. The summed E-state index contributed by atoms with van der Waals surface area (Å²) in [5.74, 6) is -0.287. The standard InChI is InChI=1S/C35H39NO6/c1-7-8-22-13-23(14-28(41-6)32(22)42-19-20-9-11-21(12-10-20)33(39)40)29-30-24(15-34(2,3)17-26(30)37)36-25-16-35(4,5)18-27(38)31(25)29/h7,9-14,29,36H,1,8,15-19H2,2-6H3,(H,39,40). The molecule has 0 saturated heterocycles. The van der Waals surface area contributed by atoms with E-state index in [-0.39, 0.29) is 34.6 Å². The highest BCUT2D eigenvalue weighted by Crippen LogP contribution is 2.52. The van der Waals surface area contributed by atoms with Crippen LogP contribution in [0.2, 0.25) is 0 Å². The summed E-state index contributed by atoms with van der Waals surface area (Å²) in [4.78, 5) is 38.7. The minimum atomic E-state index is -0.984. The highest BCUT2D eigenvalue weighted by Gasteiger charge is 2.46. The van der Waals surface area contributed by atoms with Gasteiger partial charge in [-0.2, -0.15) is 0 Å². The van der Waals surface area contributed by atoms with Crippen molar-refractivity contribution >= 4 is 17.5 Å². The lowest BCUT2D eigenvalue weighted by Gasteiger charge is -2.44. The number of Topliss-reactive ketones (excluding diaryl/α,β-unsaturated/α-hetero) is 2. The molecule has 0 spiro atoms. The third-order valence-electron chi connectivity index (χ3n) is 8.37. The van der Waals surface area contributed by atoms with Crippen LogP contribution >= 0.6 is 0 Å². The Morgan fingerprint density at radius 2 is 1.55 bits per heavy atom. The topological polar surface area (TPSA) is 102 Å². The minimum Gasteiger partial charge on any atom is -0.493 e. The number of rotatable bonds is 8. The van der Waals surface area contributed by atoms with Crippen molar-refractivity contribution in [3.05, 3.63) is 93.8 Å². The molecule has 1 heterocycles. The maximum atomic E-state index is 13.8. The molecule has 42 heavy (non-hydrogen) atoms. The van der Waals surface area contributed by atoms with Gasteiger partial charge in [-0.1, -0.05) is 52.0 Å². The van der Waals surface area contributed by atoms with E-state index in [4.69, 9.17) is 9.47 Å². The van der Waals surface area contributed by atoms with Gasteiger partial charge in [0, 0.05) is 46.9 Å². The molecular formula is C35H39NO6. The lowest BCUT2D eigenvalue weighted by Crippen LogP contribution is -2.42. The van der Waals surface area contributed by atoms with E-state index in [0.29, 0.717) is 41.9 Å². The average Bonchev–Trinajstić information content (AvgIpc) is 2.89. The molecule has 0 unspecified atom stereocenters. The van der Waals surface area contributed by atoms with E-state index in [1.54, 1.807) is 37.5 Å². The number of benzene rings is 2. The van der Waals surface area contributed by atoms with E-state index in [0.717, 1.165) is 40.9 Å². The molecule has 0 radical (unpaired) electrons. The Balaban J connectivity index is 1.60. The first-order chi connectivity index (χ1) is 19.8. The Labute approximate surface area is 247 Å². The number of ether oxygens (including phenoxy) is 2. The monoisotopic (exact) mass is 569 g/mol. The molecule has 2 N–H and O–H groups in total. The van der Waals surface area contributed by atoms with Crippen LogP contribution in [0.3, 0.4) is 0 Å². The Hall–Kier alpha value is -4.13. The smallest absolute Gasteiger partial charge is 0.335 e. The van der Waals surface area contributed by atoms with Crippen molar-refractivity contribution in [2.24, 2.45) is 10.8 Å². The largest absolute Gasteiger partial charge is 0.493 e. The van der Waals surface area contributed by atoms with Crippen LogP contribution in [0.15, 0.2) is 71.6 Å². The fourth-order valence-corrected chi connectivity index (χ4v) is 6.59. The van der Waals surface area contributed by atoms with Crippen LogP contribution in [0.25, 0.3) is 0 Å². The lowest BCUT2D eigenvalue weighted by atomic mass is 9.64. The van der Waals surface area contributed by atoms with Crippen LogP contribution in [0, 0.1) is 10.8 Å². The molecule has 7 nitrogen and oxygen atoms in total. The van der Waals surface area contributed by atoms with Crippen molar-refractivity contribution < 1.29 is 29.0 Å². The molecule has 220 valence electrons. The Kier molecular flexibility index (Phi) is 7.64. The number of methoxy groups -OCH3 is 1. The van der Waals surface area contributed by atoms with E-state index in [1.807, 2.05) is 12.1 Å². The van der Waals surface area contributed by atoms with Crippen molar-refractivity contribution in [1.82, 2.24) is 5.32 Å². The first-order valence-corrected chi connectivity index (χ1v) is 14.4. The molecule has 2 aromatic rings. The zero-order valence-electron chi connectivity index (χ0n) is 25.1. The van der Waals surface area contributed by atoms with E-state index < -0.39 is 11.9 Å². The molecule has 0 saturated carbocycles. The number of hydrogen-bond acceptors (Lipinski definition) is 6. The summed E-state index contributed by atoms with van der Waals surface area (Å²) < 4.78 is 12.1.